The van der Waals surface area contributed by atoms with E-state index in [1.807, 2.05) is 0 Å². The number of alkyl halides is 5. The molecule has 0 spiro atoms. The minimum absolute atomic E-state index is 0.360. The molecule has 1 heterocycles. The zero-order chi connectivity index (χ0) is 18.1. The molecule has 0 radical (unpaired) electrons. The van der Waals surface area contributed by atoms with Crippen LogP contribution in [0.1, 0.15) is 21.7 Å². The van der Waals surface area contributed by atoms with Crippen LogP contribution in [0.2, 0.25) is 0 Å². The first-order chi connectivity index (χ1) is 11.2. The predicted molar refractivity (Wildman–Crippen MR) is 68.5 cm³/mol. The summed E-state index contributed by atoms with van der Waals surface area (Å²) in [6.07, 6.45) is -5.81. The van der Waals surface area contributed by atoms with Crippen LogP contribution in [0.15, 0.2) is 18.2 Å². The Hall–Kier alpha value is -2.39. The maximum absolute atomic E-state index is 13.3. The molecule has 0 fully saturated rings. The Balaban J connectivity index is 2.77. The van der Waals surface area contributed by atoms with Crippen molar-refractivity contribution in [3.05, 3.63) is 46.8 Å². The summed E-state index contributed by atoms with van der Waals surface area (Å²) >= 11 is 0. The molecule has 10 heteroatoms. The van der Waals surface area contributed by atoms with Gasteiger partial charge in [0, 0.05) is 12.5 Å². The number of nitrogens with zero attached hydrogens (tertiary/aromatic N) is 2. The molecule has 2 rings (SSSR count). The third kappa shape index (κ3) is 3.26. The van der Waals surface area contributed by atoms with Gasteiger partial charge in [-0.1, -0.05) is 0 Å². The van der Waals surface area contributed by atoms with Crippen LogP contribution in [-0.2, 0) is 12.6 Å². The highest BCUT2D eigenvalue weighted by molar-refractivity contribution is 5.99. The molecule has 24 heavy (non-hydrogen) atoms. The third-order valence-electron chi connectivity index (χ3n) is 3.13. The van der Waals surface area contributed by atoms with Crippen LogP contribution in [-0.4, -0.2) is 28.9 Å². The van der Waals surface area contributed by atoms with Crippen LogP contribution in [0.3, 0.4) is 0 Å². The summed E-state index contributed by atoms with van der Waals surface area (Å²) in [6, 6.07) is 2.07. The van der Waals surface area contributed by atoms with Crippen LogP contribution in [0, 0.1) is 11.6 Å². The molecule has 0 atom stereocenters. The molecule has 1 aromatic carbocycles. The molecule has 0 aliphatic heterocycles. The first-order valence-corrected chi connectivity index (χ1v) is 6.50. The van der Waals surface area contributed by atoms with Gasteiger partial charge in [0.15, 0.2) is 29.8 Å². The SMILES string of the molecule is O=C(CF)c1c(C(F)(F)F)nn(-c2ccc(F)c(F)c2)c1CCF. The maximum atomic E-state index is 13.3. The Kier molecular flexibility index (Phi) is 4.95. The van der Waals surface area contributed by atoms with Crippen LogP contribution in [0.25, 0.3) is 5.69 Å². The zero-order valence-electron chi connectivity index (χ0n) is 11.8. The lowest BCUT2D eigenvalue weighted by Gasteiger charge is -2.08. The minimum atomic E-state index is -5.12. The Morgan fingerprint density at radius 1 is 1.12 bits per heavy atom. The smallest absolute Gasteiger partial charge is 0.291 e. The van der Waals surface area contributed by atoms with E-state index in [9.17, 15) is 35.5 Å². The third-order valence-corrected chi connectivity index (χ3v) is 3.13. The number of ketones is 1. The minimum Gasteiger partial charge on any atom is -0.291 e. The van der Waals surface area contributed by atoms with Gasteiger partial charge in [0.2, 0.25) is 0 Å². The van der Waals surface area contributed by atoms with Gasteiger partial charge in [-0.2, -0.15) is 18.3 Å². The monoisotopic (exact) mass is 354 g/mol. The number of carbonyl (C=O) groups is 1. The lowest BCUT2D eigenvalue weighted by molar-refractivity contribution is -0.141. The molecule has 0 bridgehead atoms. The molecule has 2 aromatic rings. The van der Waals surface area contributed by atoms with Crippen molar-refractivity contribution in [3.8, 4) is 5.69 Å². The standard InChI is InChI=1S/C14H9F7N2O/c15-4-3-10-12(11(24)6-16)13(14(19,20)21)22-23(10)7-1-2-8(17)9(18)5-7/h1-2,5H,3-4,6H2. The first kappa shape index (κ1) is 18.0. The maximum Gasteiger partial charge on any atom is 0.435 e. The highest BCUT2D eigenvalue weighted by Crippen LogP contribution is 2.34. The van der Waals surface area contributed by atoms with E-state index < -0.39 is 60.3 Å². The summed E-state index contributed by atoms with van der Waals surface area (Å²) in [5.74, 6) is -4.16. The van der Waals surface area contributed by atoms with Crippen molar-refractivity contribution in [2.24, 2.45) is 0 Å². The summed E-state index contributed by atoms with van der Waals surface area (Å²) in [5, 5.41) is 3.16. The summed E-state index contributed by atoms with van der Waals surface area (Å²) < 4.78 is 91.3. The second-order valence-electron chi connectivity index (χ2n) is 4.67. The molecule has 3 nitrogen and oxygen atoms in total. The normalized spacial score (nSPS) is 11.8. The van der Waals surface area contributed by atoms with Gasteiger partial charge < -0.3 is 0 Å². The first-order valence-electron chi connectivity index (χ1n) is 6.50. The van der Waals surface area contributed by atoms with Crippen molar-refractivity contribution in [2.45, 2.75) is 12.6 Å². The van der Waals surface area contributed by atoms with E-state index >= 15 is 0 Å². The van der Waals surface area contributed by atoms with E-state index in [0.717, 1.165) is 6.07 Å². The summed E-state index contributed by atoms with van der Waals surface area (Å²) in [4.78, 5) is 11.6. The van der Waals surface area contributed by atoms with E-state index in [4.69, 9.17) is 0 Å². The fourth-order valence-corrected chi connectivity index (χ4v) is 2.16. The Morgan fingerprint density at radius 2 is 1.79 bits per heavy atom. The van der Waals surface area contributed by atoms with E-state index in [1.165, 1.54) is 0 Å². The Bertz CT molecular complexity index is 767. The van der Waals surface area contributed by atoms with Crippen molar-refractivity contribution in [2.75, 3.05) is 13.3 Å². The van der Waals surface area contributed by atoms with Gasteiger partial charge in [-0.05, 0) is 12.1 Å². The van der Waals surface area contributed by atoms with Crippen molar-refractivity contribution in [1.29, 1.82) is 0 Å². The highest BCUT2D eigenvalue weighted by atomic mass is 19.4. The van der Waals surface area contributed by atoms with Crippen LogP contribution in [0.5, 0.6) is 0 Å². The molecule has 0 saturated heterocycles. The molecule has 0 aliphatic rings. The van der Waals surface area contributed by atoms with Gasteiger partial charge in [-0.3, -0.25) is 9.18 Å². The average molecular weight is 354 g/mol. The largest absolute Gasteiger partial charge is 0.435 e. The molecular weight excluding hydrogens is 345 g/mol. The quantitative estimate of drug-likeness (QED) is 0.604. The molecule has 0 saturated carbocycles. The molecule has 0 aliphatic carbocycles. The number of hydrogen-bond donors (Lipinski definition) is 0. The van der Waals surface area contributed by atoms with Crippen molar-refractivity contribution < 1.29 is 35.5 Å². The van der Waals surface area contributed by atoms with Crippen molar-refractivity contribution in [1.82, 2.24) is 9.78 Å². The number of halogens is 7. The van der Waals surface area contributed by atoms with Gasteiger partial charge >= 0.3 is 6.18 Å². The topological polar surface area (TPSA) is 34.9 Å². The van der Waals surface area contributed by atoms with Gasteiger partial charge in [0.05, 0.1) is 23.6 Å². The predicted octanol–water partition coefficient (Wildman–Crippen LogP) is 3.83. The fraction of sp³-hybridized carbons (Fsp3) is 0.286. The van der Waals surface area contributed by atoms with E-state index in [-0.39, 0.29) is 5.69 Å². The Morgan fingerprint density at radius 3 is 2.29 bits per heavy atom. The Labute approximate surface area is 130 Å². The fourth-order valence-electron chi connectivity index (χ4n) is 2.16. The van der Waals surface area contributed by atoms with Crippen molar-refractivity contribution in [3.63, 3.8) is 0 Å². The number of rotatable bonds is 5. The number of carbonyl (C=O) groups excluding carboxylic acids is 1. The number of Topliss-reactive ketones (excluding diaryl/α,β-unsaturated/α-hetero) is 1. The molecular formula is C14H9F7N2O. The van der Waals surface area contributed by atoms with E-state index in [0.29, 0.717) is 16.8 Å². The van der Waals surface area contributed by atoms with Crippen LogP contribution in [0.4, 0.5) is 30.7 Å². The summed E-state index contributed by atoms with van der Waals surface area (Å²) in [6.45, 7) is -2.91. The summed E-state index contributed by atoms with van der Waals surface area (Å²) in [7, 11) is 0. The zero-order valence-corrected chi connectivity index (χ0v) is 11.8. The second-order valence-corrected chi connectivity index (χ2v) is 4.67. The van der Waals surface area contributed by atoms with Crippen LogP contribution < -0.4 is 0 Å². The van der Waals surface area contributed by atoms with E-state index in [1.54, 1.807) is 0 Å². The molecule has 0 N–H and O–H groups in total. The molecule has 0 amide bonds. The molecule has 1 aromatic heterocycles. The van der Waals surface area contributed by atoms with Gasteiger partial charge in [0.1, 0.15) is 0 Å². The number of aromatic nitrogens is 2. The highest BCUT2D eigenvalue weighted by Gasteiger charge is 2.41. The van der Waals surface area contributed by atoms with Gasteiger partial charge in [-0.25, -0.2) is 17.9 Å². The number of benzene rings is 1. The van der Waals surface area contributed by atoms with Crippen LogP contribution >= 0.6 is 0 Å². The number of hydrogen-bond acceptors (Lipinski definition) is 2. The van der Waals surface area contributed by atoms with Gasteiger partial charge in [-0.15, -0.1) is 0 Å². The second kappa shape index (κ2) is 6.62. The average Bonchev–Trinajstić information content (AvgIpc) is 2.89. The summed E-state index contributed by atoms with van der Waals surface area (Å²) in [5.41, 5.74) is -3.76. The van der Waals surface area contributed by atoms with E-state index in [2.05, 4.69) is 5.10 Å². The molecule has 130 valence electrons. The lowest BCUT2D eigenvalue weighted by atomic mass is 10.1. The van der Waals surface area contributed by atoms with Crippen molar-refractivity contribution >= 4 is 5.78 Å². The lowest BCUT2D eigenvalue weighted by Crippen LogP contribution is -2.14. The molecule has 0 unspecified atom stereocenters. The van der Waals surface area contributed by atoms with Gasteiger partial charge in [0.25, 0.3) is 0 Å².